The number of amidine groups is 1. The van der Waals surface area contributed by atoms with Gasteiger partial charge in [-0.3, -0.25) is 14.8 Å². The summed E-state index contributed by atoms with van der Waals surface area (Å²) in [5, 5.41) is 13.7. The summed E-state index contributed by atoms with van der Waals surface area (Å²) < 4.78 is 0. The average Bonchev–Trinajstić information content (AvgIpc) is 3.49. The van der Waals surface area contributed by atoms with E-state index < -0.39 is 11.5 Å². The third kappa shape index (κ3) is 6.27. The van der Waals surface area contributed by atoms with Crippen molar-refractivity contribution < 1.29 is 9.90 Å². The highest BCUT2D eigenvalue weighted by Gasteiger charge is 2.28. The minimum absolute atomic E-state index is 0.290. The quantitative estimate of drug-likeness (QED) is 0.182. The molecule has 0 spiro atoms. The first-order chi connectivity index (χ1) is 21.2. The molecule has 4 heterocycles. The van der Waals surface area contributed by atoms with E-state index in [9.17, 15) is 4.79 Å². The molecule has 0 radical (unpaired) electrons. The lowest BCUT2D eigenvalue weighted by molar-refractivity contribution is -0.138. The lowest BCUT2D eigenvalue weighted by Crippen LogP contribution is -2.36. The summed E-state index contributed by atoms with van der Waals surface area (Å²) in [6.07, 6.45) is 14.3. The van der Waals surface area contributed by atoms with E-state index in [1.807, 2.05) is 37.6 Å². The number of nitrogens with one attached hydrogen (secondary N) is 2. The molecular formula is C37H39N5O2. The molecule has 1 aromatic carbocycles. The van der Waals surface area contributed by atoms with Crippen molar-refractivity contribution in [3.63, 3.8) is 0 Å². The second-order valence-electron chi connectivity index (χ2n) is 12.4. The van der Waals surface area contributed by atoms with E-state index in [2.05, 4.69) is 84.3 Å². The Morgan fingerprint density at radius 3 is 2.45 bits per heavy atom. The van der Waals surface area contributed by atoms with E-state index in [0.29, 0.717) is 18.3 Å². The number of aliphatic imine (C=N–C) groups is 1. The minimum Gasteiger partial charge on any atom is -0.481 e. The third-order valence-corrected chi connectivity index (χ3v) is 9.16. The lowest BCUT2D eigenvalue weighted by atomic mass is 9.77. The predicted octanol–water partition coefficient (Wildman–Crippen LogP) is 8.05. The fraction of sp³-hybridized carbons (Fsp3) is 0.297. The Morgan fingerprint density at radius 2 is 1.77 bits per heavy atom. The van der Waals surface area contributed by atoms with Gasteiger partial charge in [-0.15, -0.1) is 0 Å². The van der Waals surface area contributed by atoms with Crippen LogP contribution in [0.3, 0.4) is 0 Å². The molecule has 0 saturated heterocycles. The van der Waals surface area contributed by atoms with E-state index in [0.717, 1.165) is 81.8 Å². The van der Waals surface area contributed by atoms with Crippen LogP contribution in [0.5, 0.6) is 0 Å². The van der Waals surface area contributed by atoms with Crippen molar-refractivity contribution in [3.05, 3.63) is 114 Å². The zero-order valence-electron chi connectivity index (χ0n) is 25.6. The summed E-state index contributed by atoms with van der Waals surface area (Å²) in [7, 11) is 0. The molecule has 1 aliphatic carbocycles. The molecular weight excluding hydrogens is 546 g/mol. The molecule has 44 heavy (non-hydrogen) atoms. The van der Waals surface area contributed by atoms with Crippen molar-refractivity contribution in [2.75, 3.05) is 0 Å². The van der Waals surface area contributed by atoms with Crippen LogP contribution < -0.4 is 5.32 Å². The molecule has 1 unspecified atom stereocenters. The van der Waals surface area contributed by atoms with E-state index in [1.165, 1.54) is 5.56 Å². The SMILES string of the molecule is C=C(C)C1(C)C=C(/C=C(\C)c2cnc3[nH]ccc3c2)NC(c2ccc(-c3ccc(C4CCC(CC(=O)O)CC4)cc3)nc2)=N1. The van der Waals surface area contributed by atoms with Crippen molar-refractivity contribution >= 4 is 28.4 Å². The molecule has 7 heteroatoms. The average molecular weight is 586 g/mol. The second-order valence-corrected chi connectivity index (χ2v) is 12.4. The van der Waals surface area contributed by atoms with E-state index in [1.54, 1.807) is 0 Å². The highest BCUT2D eigenvalue weighted by molar-refractivity contribution is 6.01. The summed E-state index contributed by atoms with van der Waals surface area (Å²) in [6, 6.07) is 17.0. The summed E-state index contributed by atoms with van der Waals surface area (Å²) in [4.78, 5) is 28.6. The Morgan fingerprint density at radius 1 is 1.02 bits per heavy atom. The van der Waals surface area contributed by atoms with Gasteiger partial charge in [-0.2, -0.15) is 0 Å². The van der Waals surface area contributed by atoms with Crippen molar-refractivity contribution in [3.8, 4) is 11.3 Å². The molecule has 0 bridgehead atoms. The van der Waals surface area contributed by atoms with Crippen LogP contribution in [-0.4, -0.2) is 37.4 Å². The number of hydrogen-bond acceptors (Lipinski definition) is 5. The van der Waals surface area contributed by atoms with Crippen LogP contribution >= 0.6 is 0 Å². The van der Waals surface area contributed by atoms with Gasteiger partial charge in [0.2, 0.25) is 0 Å². The van der Waals surface area contributed by atoms with Gasteiger partial charge in [-0.05, 0) is 117 Å². The molecule has 3 N–H and O–H groups in total. The molecule has 3 aromatic heterocycles. The molecule has 7 nitrogen and oxygen atoms in total. The van der Waals surface area contributed by atoms with E-state index in [4.69, 9.17) is 15.1 Å². The highest BCUT2D eigenvalue weighted by Crippen LogP contribution is 2.37. The Labute approximate surface area is 258 Å². The first kappa shape index (κ1) is 29.3. The normalized spacial score (nSPS) is 22.2. The van der Waals surface area contributed by atoms with Gasteiger partial charge in [0.1, 0.15) is 17.0 Å². The number of H-pyrrole nitrogens is 1. The van der Waals surface area contributed by atoms with Gasteiger partial charge < -0.3 is 15.4 Å². The van der Waals surface area contributed by atoms with Crippen molar-refractivity contribution in [1.82, 2.24) is 20.3 Å². The number of hydrogen-bond donors (Lipinski definition) is 3. The fourth-order valence-electron chi connectivity index (χ4n) is 6.25. The first-order valence-corrected chi connectivity index (χ1v) is 15.3. The first-order valence-electron chi connectivity index (χ1n) is 15.3. The maximum absolute atomic E-state index is 11.1. The predicted molar refractivity (Wildman–Crippen MR) is 177 cm³/mol. The summed E-state index contributed by atoms with van der Waals surface area (Å²) in [5.74, 6) is 0.876. The van der Waals surface area contributed by atoms with Crippen LogP contribution in [0.2, 0.25) is 0 Å². The zero-order chi connectivity index (χ0) is 30.8. The smallest absolute Gasteiger partial charge is 0.303 e. The summed E-state index contributed by atoms with van der Waals surface area (Å²) >= 11 is 0. The Kier molecular flexibility index (Phi) is 8.04. The summed E-state index contributed by atoms with van der Waals surface area (Å²) in [5.41, 5.74) is 8.58. The maximum atomic E-state index is 11.1. The second kappa shape index (κ2) is 12.1. The fourth-order valence-corrected chi connectivity index (χ4v) is 6.25. The number of rotatable bonds is 8. The Bertz CT molecular complexity index is 1790. The van der Waals surface area contributed by atoms with Gasteiger partial charge in [0.25, 0.3) is 0 Å². The maximum Gasteiger partial charge on any atom is 0.303 e. The number of carboxylic acid groups (broad SMARTS) is 1. The number of fused-ring (bicyclic) bond motifs is 1. The molecule has 1 fully saturated rings. The number of carboxylic acids is 1. The molecule has 4 aromatic rings. The van der Waals surface area contributed by atoms with Crippen LogP contribution in [0.1, 0.15) is 75.5 Å². The third-order valence-electron chi connectivity index (χ3n) is 9.16. The number of allylic oxidation sites excluding steroid dienone is 2. The van der Waals surface area contributed by atoms with Crippen LogP contribution in [0.25, 0.3) is 27.9 Å². The van der Waals surface area contributed by atoms with Gasteiger partial charge in [-0.25, -0.2) is 4.98 Å². The van der Waals surface area contributed by atoms with Gasteiger partial charge in [0.05, 0.1) is 5.69 Å². The van der Waals surface area contributed by atoms with Crippen molar-refractivity contribution in [2.45, 2.75) is 64.3 Å². The highest BCUT2D eigenvalue weighted by atomic mass is 16.4. The number of aromatic amines is 1. The molecule has 0 amide bonds. The number of aromatic nitrogens is 3. The number of pyridine rings is 2. The topological polar surface area (TPSA) is 103 Å². The van der Waals surface area contributed by atoms with Crippen molar-refractivity contribution in [1.29, 1.82) is 0 Å². The minimum atomic E-state index is -0.685. The molecule has 1 atom stereocenters. The van der Waals surface area contributed by atoms with Gasteiger partial charge >= 0.3 is 5.97 Å². The Balaban J connectivity index is 1.18. The molecule has 1 aliphatic heterocycles. The number of nitrogens with zero attached hydrogens (tertiary/aromatic N) is 3. The van der Waals surface area contributed by atoms with Crippen molar-refractivity contribution in [2.24, 2.45) is 10.9 Å². The van der Waals surface area contributed by atoms with Gasteiger partial charge in [0, 0.05) is 47.2 Å². The van der Waals surface area contributed by atoms with Crippen LogP contribution in [-0.2, 0) is 4.79 Å². The van der Waals surface area contributed by atoms with Crippen LogP contribution in [0.15, 0.2) is 102 Å². The van der Waals surface area contributed by atoms with Gasteiger partial charge in [0.15, 0.2) is 0 Å². The monoisotopic (exact) mass is 585 g/mol. The van der Waals surface area contributed by atoms with E-state index >= 15 is 0 Å². The molecule has 2 aliphatic rings. The van der Waals surface area contributed by atoms with Crippen LogP contribution in [0.4, 0.5) is 0 Å². The van der Waals surface area contributed by atoms with Gasteiger partial charge in [-0.1, -0.05) is 30.8 Å². The lowest BCUT2D eigenvalue weighted by Gasteiger charge is -2.30. The zero-order valence-corrected chi connectivity index (χ0v) is 25.6. The largest absolute Gasteiger partial charge is 0.481 e. The standard InChI is InChI=1S/C37H39N5O2/c1-23(2)37(4)20-32(17-24(3)31-19-29-15-16-38-35(29)40-22-31)41-36(42-37)30-13-14-33(39-21-30)28-11-9-27(10-12-28)26-7-5-25(6-8-26)18-34(43)44/h9-17,19-22,25-26H,1,5-8,18H2,2-4H3,(H,38,40)(H,41,42)(H,43,44)/b24-17+. The molecule has 224 valence electrons. The molecule has 1 saturated carbocycles. The number of carbonyl (C=O) groups is 1. The summed E-state index contributed by atoms with van der Waals surface area (Å²) in [6.45, 7) is 10.4. The van der Waals surface area contributed by atoms with Crippen LogP contribution in [0, 0.1) is 5.92 Å². The number of aliphatic carboxylic acids is 1. The molecule has 6 rings (SSSR count). The van der Waals surface area contributed by atoms with E-state index in [-0.39, 0.29) is 0 Å². The number of benzene rings is 1. The Hall–Kier alpha value is -4.78.